The van der Waals surface area contributed by atoms with Gasteiger partial charge >= 0.3 is 12.1 Å². The minimum Gasteiger partial charge on any atom is -0.468 e. The van der Waals surface area contributed by atoms with Gasteiger partial charge < -0.3 is 20.9 Å². The van der Waals surface area contributed by atoms with Crippen molar-refractivity contribution in [3.63, 3.8) is 0 Å². The summed E-state index contributed by atoms with van der Waals surface area (Å²) in [4.78, 5) is 40.5. The standard InChI is InChI=1S/C25H33N3O5.ClH/c1-3-15-10-7-11-19-18(15)14-28(24(31)32)25(19,17-12-20(27-13-17)23(30)33-2)22(29)21(26)16-8-5-4-6-9-16;/h3,7,10-11,16-17,20-21,27H,1,4-6,8-9,12-14,26H2,2H3,(H,31,32);1H/t17?,20?,21-,25?;/m0./s1. The molecule has 0 radical (unpaired) electrons. The minimum absolute atomic E-state index is 0. The first-order chi connectivity index (χ1) is 15.9. The number of hydrogen-bond donors (Lipinski definition) is 3. The summed E-state index contributed by atoms with van der Waals surface area (Å²) < 4.78 is 4.91. The molecule has 3 aliphatic rings. The lowest BCUT2D eigenvalue weighted by atomic mass is 9.68. The van der Waals surface area contributed by atoms with E-state index in [2.05, 4.69) is 11.9 Å². The molecule has 1 aliphatic carbocycles. The van der Waals surface area contributed by atoms with Gasteiger partial charge in [-0.05, 0) is 41.9 Å². The Labute approximate surface area is 206 Å². The lowest BCUT2D eigenvalue weighted by molar-refractivity contribution is -0.143. The molecule has 1 aromatic carbocycles. The molecule has 4 atom stereocenters. The van der Waals surface area contributed by atoms with Crippen LogP contribution < -0.4 is 11.1 Å². The average Bonchev–Trinajstić information content (AvgIpc) is 3.47. The zero-order chi connectivity index (χ0) is 23.8. The van der Waals surface area contributed by atoms with Crippen molar-refractivity contribution in [3.8, 4) is 0 Å². The Morgan fingerprint density at radius 2 is 2.00 bits per heavy atom. The predicted molar refractivity (Wildman–Crippen MR) is 130 cm³/mol. The fourth-order valence-corrected chi connectivity index (χ4v) is 6.22. The third kappa shape index (κ3) is 4.12. The van der Waals surface area contributed by atoms with Crippen molar-refractivity contribution in [2.45, 2.75) is 62.7 Å². The van der Waals surface area contributed by atoms with Gasteiger partial charge in [-0.15, -0.1) is 12.4 Å². The van der Waals surface area contributed by atoms with Crippen LogP contribution in [0.1, 0.15) is 55.2 Å². The van der Waals surface area contributed by atoms with E-state index in [0.717, 1.165) is 43.2 Å². The molecular formula is C25H34ClN3O5. The van der Waals surface area contributed by atoms with Crippen LogP contribution in [0.4, 0.5) is 4.79 Å². The minimum atomic E-state index is -1.47. The number of ether oxygens (including phenoxy) is 1. The smallest absolute Gasteiger partial charge is 0.408 e. The lowest BCUT2D eigenvalue weighted by Gasteiger charge is -2.43. The van der Waals surface area contributed by atoms with E-state index >= 15 is 0 Å². The summed E-state index contributed by atoms with van der Waals surface area (Å²) in [5.41, 5.74) is 7.41. The number of hydrogen-bond acceptors (Lipinski definition) is 6. The van der Waals surface area contributed by atoms with Crippen molar-refractivity contribution in [2.75, 3.05) is 13.7 Å². The third-order valence-corrected chi connectivity index (χ3v) is 7.86. The van der Waals surface area contributed by atoms with Gasteiger partial charge in [-0.1, -0.05) is 50.1 Å². The van der Waals surface area contributed by atoms with Crippen LogP contribution in [0.15, 0.2) is 24.8 Å². The van der Waals surface area contributed by atoms with E-state index in [0.29, 0.717) is 12.1 Å². The number of rotatable bonds is 6. The molecule has 8 nitrogen and oxygen atoms in total. The number of amides is 1. The number of nitrogens with one attached hydrogen (secondary N) is 1. The fourth-order valence-electron chi connectivity index (χ4n) is 6.22. The van der Waals surface area contributed by atoms with Crippen molar-refractivity contribution >= 4 is 36.3 Å². The number of carbonyl (C=O) groups excluding carboxylic acids is 2. The number of Topliss-reactive ketones (excluding diaryl/α,β-unsaturated/α-hetero) is 1. The van der Waals surface area contributed by atoms with Crippen LogP contribution in [0.2, 0.25) is 0 Å². The molecule has 1 amide bonds. The second-order valence-electron chi connectivity index (χ2n) is 9.42. The average molecular weight is 492 g/mol. The summed E-state index contributed by atoms with van der Waals surface area (Å²) in [7, 11) is 1.32. The Balaban J connectivity index is 0.00000324. The first-order valence-corrected chi connectivity index (χ1v) is 11.7. The highest BCUT2D eigenvalue weighted by molar-refractivity contribution is 5.98. The van der Waals surface area contributed by atoms with Gasteiger partial charge in [0, 0.05) is 12.5 Å². The Morgan fingerprint density at radius 3 is 2.62 bits per heavy atom. The summed E-state index contributed by atoms with van der Waals surface area (Å²) in [6.45, 7) is 4.26. The molecule has 4 rings (SSSR count). The first kappa shape index (κ1) is 26.2. The zero-order valence-corrected chi connectivity index (χ0v) is 20.3. The molecule has 1 aromatic rings. The van der Waals surface area contributed by atoms with E-state index in [-0.39, 0.29) is 37.1 Å². The monoisotopic (exact) mass is 491 g/mol. The van der Waals surface area contributed by atoms with E-state index in [1.807, 2.05) is 18.2 Å². The molecule has 4 N–H and O–H groups in total. The third-order valence-electron chi connectivity index (χ3n) is 7.86. The van der Waals surface area contributed by atoms with Crippen molar-refractivity contribution < 1.29 is 24.2 Å². The molecule has 1 saturated heterocycles. The van der Waals surface area contributed by atoms with Gasteiger partial charge in [0.1, 0.15) is 11.6 Å². The SMILES string of the molecule is C=Cc1cccc2c1CN(C(=O)O)C2(C(=O)[C@@H](N)C1CCCCC1)C1CNC(C(=O)OC)C1.Cl. The second-order valence-corrected chi connectivity index (χ2v) is 9.42. The number of carbonyl (C=O) groups is 3. The van der Waals surface area contributed by atoms with Crippen molar-refractivity contribution in [3.05, 3.63) is 41.5 Å². The van der Waals surface area contributed by atoms with Crippen LogP contribution in [0.25, 0.3) is 6.08 Å². The number of esters is 1. The number of fused-ring (bicyclic) bond motifs is 1. The van der Waals surface area contributed by atoms with Crippen molar-refractivity contribution in [1.29, 1.82) is 0 Å². The van der Waals surface area contributed by atoms with Crippen molar-refractivity contribution in [2.24, 2.45) is 17.6 Å². The Hall–Kier alpha value is -2.42. The van der Waals surface area contributed by atoms with Gasteiger partial charge in [0.25, 0.3) is 0 Å². The molecule has 2 aliphatic heterocycles. The molecule has 2 fully saturated rings. The molecule has 2 heterocycles. The van der Waals surface area contributed by atoms with Gasteiger partial charge in [-0.25, -0.2) is 4.79 Å². The Kier molecular flexibility index (Phi) is 8.06. The van der Waals surface area contributed by atoms with Crippen LogP contribution in [0, 0.1) is 11.8 Å². The first-order valence-electron chi connectivity index (χ1n) is 11.7. The number of halogens is 1. The Morgan fingerprint density at radius 1 is 1.29 bits per heavy atom. The highest BCUT2D eigenvalue weighted by atomic mass is 35.5. The zero-order valence-electron chi connectivity index (χ0n) is 19.5. The summed E-state index contributed by atoms with van der Waals surface area (Å²) in [5.74, 6) is -1.12. The fraction of sp³-hybridized carbons (Fsp3) is 0.560. The number of ketones is 1. The van der Waals surface area contributed by atoms with Crippen LogP contribution in [0.5, 0.6) is 0 Å². The number of nitrogens with two attached hydrogens (primary N) is 1. The van der Waals surface area contributed by atoms with Crippen LogP contribution in [-0.4, -0.2) is 53.6 Å². The van der Waals surface area contributed by atoms with E-state index in [1.165, 1.54) is 12.0 Å². The molecule has 9 heteroatoms. The summed E-state index contributed by atoms with van der Waals surface area (Å²) >= 11 is 0. The highest BCUT2D eigenvalue weighted by Crippen LogP contribution is 2.50. The number of carboxylic acid groups (broad SMARTS) is 1. The maximum absolute atomic E-state index is 14.4. The number of nitrogens with zero attached hydrogens (tertiary/aromatic N) is 1. The largest absolute Gasteiger partial charge is 0.468 e. The molecule has 186 valence electrons. The maximum Gasteiger partial charge on any atom is 0.408 e. The maximum atomic E-state index is 14.4. The van der Waals surface area contributed by atoms with Crippen LogP contribution in [0.3, 0.4) is 0 Å². The quantitative estimate of drug-likeness (QED) is 0.522. The topological polar surface area (TPSA) is 122 Å². The van der Waals surface area contributed by atoms with Crippen LogP contribution in [-0.2, 0) is 26.4 Å². The van der Waals surface area contributed by atoms with E-state index in [1.54, 1.807) is 6.08 Å². The molecule has 0 bridgehead atoms. The van der Waals surface area contributed by atoms with E-state index < -0.39 is 35.6 Å². The summed E-state index contributed by atoms with van der Waals surface area (Å²) in [6, 6.07) is 4.16. The molecule has 1 saturated carbocycles. The van der Waals surface area contributed by atoms with E-state index in [9.17, 15) is 19.5 Å². The number of benzene rings is 1. The molecular weight excluding hydrogens is 458 g/mol. The summed E-state index contributed by atoms with van der Waals surface area (Å²) in [5, 5.41) is 13.4. The second kappa shape index (κ2) is 10.5. The van der Waals surface area contributed by atoms with Gasteiger partial charge in [-0.2, -0.15) is 0 Å². The molecule has 34 heavy (non-hydrogen) atoms. The molecule has 3 unspecified atom stereocenters. The van der Waals surface area contributed by atoms with Crippen LogP contribution >= 0.6 is 12.4 Å². The highest BCUT2D eigenvalue weighted by Gasteiger charge is 2.61. The van der Waals surface area contributed by atoms with Gasteiger partial charge in [0.2, 0.25) is 0 Å². The normalized spacial score (nSPS) is 27.4. The number of methoxy groups -OCH3 is 1. The van der Waals surface area contributed by atoms with Gasteiger partial charge in [0.05, 0.1) is 19.7 Å². The predicted octanol–water partition coefficient (Wildman–Crippen LogP) is 3.07. The van der Waals surface area contributed by atoms with E-state index in [4.69, 9.17) is 10.5 Å². The Bertz CT molecular complexity index is 964. The molecule has 0 spiro atoms. The van der Waals surface area contributed by atoms with Gasteiger partial charge in [-0.3, -0.25) is 14.5 Å². The van der Waals surface area contributed by atoms with Crippen molar-refractivity contribution in [1.82, 2.24) is 10.2 Å². The van der Waals surface area contributed by atoms with Gasteiger partial charge in [0.15, 0.2) is 5.78 Å². The summed E-state index contributed by atoms with van der Waals surface area (Å²) in [6.07, 6.45) is 5.70. The molecule has 0 aromatic heterocycles. The lowest BCUT2D eigenvalue weighted by Crippen LogP contribution is -2.61.